The lowest BCUT2D eigenvalue weighted by atomic mass is 9.88. The van der Waals surface area contributed by atoms with Gasteiger partial charge in [0.1, 0.15) is 0 Å². The van der Waals surface area contributed by atoms with Gasteiger partial charge in [-0.3, -0.25) is 4.79 Å². The number of nitrogens with one attached hydrogen (secondary N) is 1. The summed E-state index contributed by atoms with van der Waals surface area (Å²) in [6.07, 6.45) is 2.08. The Balaban J connectivity index is 0.00000441. The second kappa shape index (κ2) is 9.16. The standard InChI is InChI=1S/C18H30N2O.ClH/c1-13(11-12-18(3,4)5)20-17(21)14(2)16(19)15-9-7-6-8-10-15;/h6-10,13-14,16H,11-12,19H2,1-5H3,(H,20,21);1H. The summed E-state index contributed by atoms with van der Waals surface area (Å²) in [4.78, 5) is 12.3. The van der Waals surface area contributed by atoms with Gasteiger partial charge in [-0.05, 0) is 30.7 Å². The summed E-state index contributed by atoms with van der Waals surface area (Å²) in [7, 11) is 0. The lowest BCUT2D eigenvalue weighted by Gasteiger charge is -2.24. The SMILES string of the molecule is CC(CCC(C)(C)C)NC(=O)C(C)C(N)c1ccccc1.Cl. The molecule has 1 aromatic rings. The zero-order chi connectivity index (χ0) is 16.0. The van der Waals surface area contributed by atoms with Crippen molar-refractivity contribution in [1.29, 1.82) is 0 Å². The van der Waals surface area contributed by atoms with Gasteiger partial charge in [0.05, 0.1) is 5.92 Å². The van der Waals surface area contributed by atoms with Crippen molar-refractivity contribution in [3.05, 3.63) is 35.9 Å². The Bertz CT molecular complexity index is 442. The second-order valence-electron chi connectivity index (χ2n) is 7.23. The monoisotopic (exact) mass is 326 g/mol. The van der Waals surface area contributed by atoms with E-state index in [-0.39, 0.29) is 36.3 Å². The molecule has 4 heteroatoms. The molecule has 0 radical (unpaired) electrons. The summed E-state index contributed by atoms with van der Waals surface area (Å²) < 4.78 is 0. The summed E-state index contributed by atoms with van der Waals surface area (Å²) >= 11 is 0. The number of rotatable bonds is 6. The lowest BCUT2D eigenvalue weighted by molar-refractivity contribution is -0.125. The fraction of sp³-hybridized carbons (Fsp3) is 0.611. The molecule has 1 amide bonds. The Hall–Kier alpha value is -1.06. The van der Waals surface area contributed by atoms with E-state index in [0.29, 0.717) is 5.41 Å². The van der Waals surface area contributed by atoms with Gasteiger partial charge in [0, 0.05) is 12.1 Å². The third-order valence-electron chi connectivity index (χ3n) is 3.85. The van der Waals surface area contributed by atoms with Crippen molar-refractivity contribution in [3.63, 3.8) is 0 Å². The largest absolute Gasteiger partial charge is 0.353 e. The molecule has 0 fully saturated rings. The van der Waals surface area contributed by atoms with Crippen LogP contribution in [0, 0.1) is 11.3 Å². The van der Waals surface area contributed by atoms with Gasteiger partial charge in [0.2, 0.25) is 5.91 Å². The molecule has 3 N–H and O–H groups in total. The first-order valence-electron chi connectivity index (χ1n) is 7.81. The Kier molecular flexibility index (Phi) is 8.72. The van der Waals surface area contributed by atoms with E-state index in [9.17, 15) is 4.79 Å². The Labute approximate surface area is 141 Å². The van der Waals surface area contributed by atoms with Crippen molar-refractivity contribution in [3.8, 4) is 0 Å². The number of carbonyl (C=O) groups is 1. The van der Waals surface area contributed by atoms with Crippen LogP contribution in [0.3, 0.4) is 0 Å². The van der Waals surface area contributed by atoms with E-state index in [1.165, 1.54) is 0 Å². The normalized spacial score (nSPS) is 15.4. The van der Waals surface area contributed by atoms with Gasteiger partial charge in [0.15, 0.2) is 0 Å². The number of nitrogens with two attached hydrogens (primary N) is 1. The molecule has 3 unspecified atom stereocenters. The van der Waals surface area contributed by atoms with Crippen molar-refractivity contribution < 1.29 is 4.79 Å². The molecule has 0 spiro atoms. The molecule has 0 aliphatic rings. The van der Waals surface area contributed by atoms with Crippen LogP contribution in [0.25, 0.3) is 0 Å². The van der Waals surface area contributed by atoms with Crippen LogP contribution < -0.4 is 11.1 Å². The molecule has 0 heterocycles. The minimum atomic E-state index is -0.263. The highest BCUT2D eigenvalue weighted by molar-refractivity contribution is 5.85. The summed E-state index contributed by atoms with van der Waals surface area (Å²) in [6.45, 7) is 10.6. The van der Waals surface area contributed by atoms with Crippen LogP contribution in [0.5, 0.6) is 0 Å². The Morgan fingerprint density at radius 2 is 1.73 bits per heavy atom. The van der Waals surface area contributed by atoms with Crippen molar-refractivity contribution >= 4 is 18.3 Å². The van der Waals surface area contributed by atoms with Crippen LogP contribution >= 0.6 is 12.4 Å². The van der Waals surface area contributed by atoms with E-state index in [1.807, 2.05) is 37.3 Å². The molecular weight excluding hydrogens is 296 g/mol. The first-order chi connectivity index (χ1) is 9.70. The maximum absolute atomic E-state index is 12.3. The van der Waals surface area contributed by atoms with Crippen molar-refractivity contribution in [2.24, 2.45) is 17.1 Å². The molecule has 3 nitrogen and oxygen atoms in total. The maximum Gasteiger partial charge on any atom is 0.224 e. The highest BCUT2D eigenvalue weighted by atomic mass is 35.5. The molecular formula is C18H31ClN2O. The topological polar surface area (TPSA) is 55.1 Å². The smallest absolute Gasteiger partial charge is 0.224 e. The number of amides is 1. The zero-order valence-corrected chi connectivity index (χ0v) is 15.2. The van der Waals surface area contributed by atoms with Gasteiger partial charge in [-0.15, -0.1) is 12.4 Å². The third kappa shape index (κ3) is 7.28. The van der Waals surface area contributed by atoms with Crippen molar-refractivity contribution in [1.82, 2.24) is 5.32 Å². The molecule has 0 saturated heterocycles. The summed E-state index contributed by atoms with van der Waals surface area (Å²) in [6, 6.07) is 9.71. The summed E-state index contributed by atoms with van der Waals surface area (Å²) in [5.41, 5.74) is 7.50. The number of benzene rings is 1. The van der Waals surface area contributed by atoms with Gasteiger partial charge in [-0.25, -0.2) is 0 Å². The van der Waals surface area contributed by atoms with E-state index in [1.54, 1.807) is 0 Å². The van der Waals surface area contributed by atoms with E-state index in [0.717, 1.165) is 18.4 Å². The lowest BCUT2D eigenvalue weighted by Crippen LogP contribution is -2.40. The van der Waals surface area contributed by atoms with Gasteiger partial charge in [0.25, 0.3) is 0 Å². The fourth-order valence-electron chi connectivity index (χ4n) is 2.22. The van der Waals surface area contributed by atoms with Gasteiger partial charge in [-0.2, -0.15) is 0 Å². The molecule has 0 saturated carbocycles. The van der Waals surface area contributed by atoms with Gasteiger partial charge in [-0.1, -0.05) is 58.0 Å². The van der Waals surface area contributed by atoms with Crippen molar-refractivity contribution in [2.75, 3.05) is 0 Å². The molecule has 1 rings (SSSR count). The predicted octanol–water partition coefficient (Wildman–Crippen LogP) is 4.08. The van der Waals surface area contributed by atoms with E-state index >= 15 is 0 Å². The summed E-state index contributed by atoms with van der Waals surface area (Å²) in [5.74, 6) is -0.197. The predicted molar refractivity (Wildman–Crippen MR) is 96.1 cm³/mol. The van der Waals surface area contributed by atoms with Gasteiger partial charge >= 0.3 is 0 Å². The maximum atomic E-state index is 12.3. The number of carbonyl (C=O) groups excluding carboxylic acids is 1. The minimum absolute atomic E-state index is 0. The quantitative estimate of drug-likeness (QED) is 0.827. The molecule has 1 aromatic carbocycles. The zero-order valence-electron chi connectivity index (χ0n) is 14.4. The van der Waals surface area contributed by atoms with Crippen LogP contribution in [0.4, 0.5) is 0 Å². The fourth-order valence-corrected chi connectivity index (χ4v) is 2.22. The van der Waals surface area contributed by atoms with E-state index < -0.39 is 0 Å². The second-order valence-corrected chi connectivity index (χ2v) is 7.23. The average Bonchev–Trinajstić information content (AvgIpc) is 2.43. The van der Waals surface area contributed by atoms with Crippen LogP contribution in [-0.4, -0.2) is 11.9 Å². The summed E-state index contributed by atoms with van der Waals surface area (Å²) in [5, 5.41) is 3.08. The highest BCUT2D eigenvalue weighted by Crippen LogP contribution is 2.22. The Morgan fingerprint density at radius 3 is 2.23 bits per heavy atom. The molecule has 126 valence electrons. The highest BCUT2D eigenvalue weighted by Gasteiger charge is 2.23. The molecule has 0 aliphatic carbocycles. The first kappa shape index (κ1) is 20.9. The van der Waals surface area contributed by atoms with Crippen LogP contribution in [0.15, 0.2) is 30.3 Å². The molecule has 0 aromatic heterocycles. The number of halogens is 1. The van der Waals surface area contributed by atoms with E-state index in [4.69, 9.17) is 5.73 Å². The average molecular weight is 327 g/mol. The number of hydrogen-bond donors (Lipinski definition) is 2. The molecule has 0 aliphatic heterocycles. The van der Waals surface area contributed by atoms with Crippen molar-refractivity contribution in [2.45, 2.75) is 59.5 Å². The third-order valence-corrected chi connectivity index (χ3v) is 3.85. The number of hydrogen-bond acceptors (Lipinski definition) is 2. The van der Waals surface area contributed by atoms with Crippen LogP contribution in [0.2, 0.25) is 0 Å². The van der Waals surface area contributed by atoms with Crippen LogP contribution in [0.1, 0.15) is 59.1 Å². The van der Waals surface area contributed by atoms with Gasteiger partial charge < -0.3 is 11.1 Å². The Morgan fingerprint density at radius 1 is 1.18 bits per heavy atom. The first-order valence-corrected chi connectivity index (χ1v) is 7.81. The van der Waals surface area contributed by atoms with E-state index in [2.05, 4.69) is 33.0 Å². The molecule has 0 bridgehead atoms. The van der Waals surface area contributed by atoms with Crippen LogP contribution in [-0.2, 0) is 4.79 Å². The molecule has 3 atom stereocenters. The molecule has 22 heavy (non-hydrogen) atoms. The minimum Gasteiger partial charge on any atom is -0.353 e.